The molecule has 0 saturated carbocycles. The van der Waals surface area contributed by atoms with Crippen LogP contribution < -0.4 is 39.6 Å². The van der Waals surface area contributed by atoms with E-state index in [2.05, 4.69) is 147 Å². The highest BCUT2D eigenvalue weighted by Crippen LogP contribution is 2.39. The van der Waals surface area contributed by atoms with Crippen LogP contribution in [0, 0.1) is 13.8 Å². The van der Waals surface area contributed by atoms with Gasteiger partial charge >= 0.3 is 0 Å². The van der Waals surface area contributed by atoms with Crippen molar-refractivity contribution >= 4 is 23.5 Å². The van der Waals surface area contributed by atoms with Crippen molar-refractivity contribution in [2.24, 2.45) is 0 Å². The first-order chi connectivity index (χ1) is 23.4. The molecular weight excluding hydrogens is 740 g/mol. The fraction of sp³-hybridized carbons (Fsp3) is 0.302. The zero-order valence-electron chi connectivity index (χ0n) is 29.2. The largest absolute Gasteiger partial charge is 1.00 e. The summed E-state index contributed by atoms with van der Waals surface area (Å²) in [6.07, 6.45) is 4.23. The van der Waals surface area contributed by atoms with Gasteiger partial charge in [-0.1, -0.05) is 126 Å². The molecule has 0 amide bonds. The molecule has 5 aromatic rings. The molecule has 50 heavy (non-hydrogen) atoms. The van der Waals surface area contributed by atoms with E-state index in [-0.39, 0.29) is 29.4 Å². The van der Waals surface area contributed by atoms with Crippen molar-refractivity contribution in [2.45, 2.75) is 77.2 Å². The molecule has 264 valence electrons. The number of hydrogen-bond acceptors (Lipinski definition) is 3. The lowest BCUT2D eigenvalue weighted by Gasteiger charge is -2.37. The molecule has 0 unspecified atom stereocenters. The predicted octanol–water partition coefficient (Wildman–Crippen LogP) is 1.81. The van der Waals surface area contributed by atoms with E-state index in [0.717, 1.165) is 44.0 Å². The lowest BCUT2D eigenvalue weighted by Crippen LogP contribution is -3.12. The Balaban J connectivity index is 0.000000227. The number of piperidine rings is 2. The Morgan fingerprint density at radius 3 is 1.76 bits per heavy atom. The summed E-state index contributed by atoms with van der Waals surface area (Å²) in [5, 5.41) is 13.9. The van der Waals surface area contributed by atoms with E-state index < -0.39 is 5.60 Å². The minimum absolute atomic E-state index is 0. The molecule has 7 rings (SSSR count). The standard InChI is InChI=1S/C25H27NOS.C18H21NS.BrH.ClH/c1-20-11-13-22(14-12-20)28-24-10-6-5-9-23(24)25(27)15-17-26(18-16-25)19-21-7-3-2-4-8-21;1-14-6-8-16(9-7-14)20-18-5-3-2-4-17(18)15-10-12-19-13-11-15;;/h2-14,27H,15-19H2,1H3;2-9,15,19H,10-13H2,1H3;2*1H. The Bertz CT molecular complexity index is 1720. The first kappa shape index (κ1) is 40.2. The van der Waals surface area contributed by atoms with E-state index in [4.69, 9.17) is 0 Å². The van der Waals surface area contributed by atoms with Crippen LogP contribution in [0.25, 0.3) is 0 Å². The fourth-order valence-corrected chi connectivity index (χ4v) is 8.97. The average Bonchev–Trinajstić information content (AvgIpc) is 3.13. The zero-order valence-corrected chi connectivity index (χ0v) is 33.1. The van der Waals surface area contributed by atoms with Gasteiger partial charge < -0.3 is 44.7 Å². The van der Waals surface area contributed by atoms with Crippen molar-refractivity contribution in [1.82, 2.24) is 0 Å². The maximum absolute atomic E-state index is 11.5. The third kappa shape index (κ3) is 11.2. The summed E-state index contributed by atoms with van der Waals surface area (Å²) in [4.78, 5) is 6.71. The number of nitrogens with two attached hydrogens (primary N) is 1. The number of likely N-dealkylation sites (tertiary alicyclic amines) is 1. The Hall–Kier alpha value is -2.55. The topological polar surface area (TPSA) is 41.3 Å². The van der Waals surface area contributed by atoms with Gasteiger partial charge in [0, 0.05) is 50.8 Å². The van der Waals surface area contributed by atoms with Crippen LogP contribution in [0.4, 0.5) is 0 Å². The highest BCUT2D eigenvalue weighted by molar-refractivity contribution is 7.99. The number of hydrogen-bond donors (Lipinski definition) is 3. The molecule has 2 heterocycles. The number of benzene rings is 5. The van der Waals surface area contributed by atoms with Crippen LogP contribution in [0.5, 0.6) is 0 Å². The van der Waals surface area contributed by atoms with Gasteiger partial charge in [-0.25, -0.2) is 0 Å². The van der Waals surface area contributed by atoms with E-state index in [0.29, 0.717) is 0 Å². The molecule has 0 aromatic heterocycles. The van der Waals surface area contributed by atoms with E-state index in [1.807, 2.05) is 11.8 Å². The minimum atomic E-state index is -0.728. The average molecular weight is 790 g/mol. The summed E-state index contributed by atoms with van der Waals surface area (Å²) in [5.41, 5.74) is 5.87. The van der Waals surface area contributed by atoms with Crippen LogP contribution in [0.2, 0.25) is 0 Å². The Labute approximate surface area is 324 Å². The molecule has 2 aliphatic heterocycles. The summed E-state index contributed by atoms with van der Waals surface area (Å²) < 4.78 is 0. The Morgan fingerprint density at radius 1 is 0.660 bits per heavy atom. The van der Waals surface area contributed by atoms with Crippen LogP contribution in [0.1, 0.15) is 59.4 Å². The second kappa shape index (κ2) is 19.9. The van der Waals surface area contributed by atoms with Crippen LogP contribution in [0.3, 0.4) is 0 Å². The van der Waals surface area contributed by atoms with Gasteiger partial charge in [-0.05, 0) is 67.3 Å². The van der Waals surface area contributed by atoms with Crippen LogP contribution >= 0.6 is 23.5 Å². The van der Waals surface area contributed by atoms with E-state index >= 15 is 0 Å². The quantitative estimate of drug-likeness (QED) is 0.225. The molecule has 2 fully saturated rings. The molecule has 0 aliphatic carbocycles. The first-order valence-corrected chi connectivity index (χ1v) is 19.2. The lowest BCUT2D eigenvalue weighted by atomic mass is 9.84. The second-order valence-corrected chi connectivity index (χ2v) is 15.7. The Kier molecular flexibility index (Phi) is 16.0. The molecule has 4 N–H and O–H groups in total. The molecule has 3 nitrogen and oxygen atoms in total. The van der Waals surface area contributed by atoms with Crippen molar-refractivity contribution in [3.05, 3.63) is 155 Å². The van der Waals surface area contributed by atoms with Gasteiger partial charge in [0.2, 0.25) is 0 Å². The highest BCUT2D eigenvalue weighted by Gasteiger charge is 2.37. The number of aliphatic hydroxyl groups is 1. The van der Waals surface area contributed by atoms with E-state index in [1.165, 1.54) is 62.2 Å². The van der Waals surface area contributed by atoms with Gasteiger partial charge in [0.1, 0.15) is 12.1 Å². The van der Waals surface area contributed by atoms with Crippen LogP contribution in [-0.4, -0.2) is 31.3 Å². The Morgan fingerprint density at radius 2 is 1.16 bits per heavy atom. The molecule has 2 saturated heterocycles. The summed E-state index contributed by atoms with van der Waals surface area (Å²) in [5.74, 6) is 0.745. The van der Waals surface area contributed by atoms with Crippen molar-refractivity contribution in [3.8, 4) is 0 Å². The molecule has 7 heteroatoms. The van der Waals surface area contributed by atoms with Crippen LogP contribution in [-0.2, 0) is 12.1 Å². The second-order valence-electron chi connectivity index (χ2n) is 13.4. The van der Waals surface area contributed by atoms with Gasteiger partial charge in [-0.2, -0.15) is 0 Å². The molecule has 2 aliphatic rings. The van der Waals surface area contributed by atoms with Gasteiger partial charge in [-0.3, -0.25) is 0 Å². The van der Waals surface area contributed by atoms with Gasteiger partial charge in [0.05, 0.1) is 26.2 Å². The van der Waals surface area contributed by atoms with Crippen molar-refractivity contribution < 1.29 is 44.7 Å². The summed E-state index contributed by atoms with van der Waals surface area (Å²) in [6, 6.07) is 45.4. The minimum Gasteiger partial charge on any atom is -1.00 e. The monoisotopic (exact) mass is 788 g/mol. The molecule has 0 atom stereocenters. The maximum Gasteiger partial charge on any atom is 0.103 e. The number of quaternary nitrogens is 2. The predicted molar refractivity (Wildman–Crippen MR) is 201 cm³/mol. The summed E-state index contributed by atoms with van der Waals surface area (Å²) in [7, 11) is 0. The molecule has 0 bridgehead atoms. The number of halogens is 2. The van der Waals surface area contributed by atoms with E-state index in [9.17, 15) is 5.11 Å². The summed E-state index contributed by atoms with van der Waals surface area (Å²) >= 11 is 3.66. The van der Waals surface area contributed by atoms with E-state index in [1.54, 1.807) is 22.2 Å². The van der Waals surface area contributed by atoms with Gasteiger partial charge in [0.25, 0.3) is 0 Å². The molecule has 0 radical (unpaired) electrons. The summed E-state index contributed by atoms with van der Waals surface area (Å²) in [6.45, 7) is 9.82. The first-order valence-electron chi connectivity index (χ1n) is 17.5. The van der Waals surface area contributed by atoms with Crippen LogP contribution in [0.15, 0.2) is 147 Å². The number of rotatable bonds is 8. The highest BCUT2D eigenvalue weighted by atomic mass is 79.9. The van der Waals surface area contributed by atoms with Gasteiger partial charge in [-0.15, -0.1) is 0 Å². The van der Waals surface area contributed by atoms with Crippen molar-refractivity contribution in [3.63, 3.8) is 0 Å². The smallest absolute Gasteiger partial charge is 0.103 e. The third-order valence-corrected chi connectivity index (χ3v) is 11.9. The lowest BCUT2D eigenvalue weighted by molar-refractivity contribution is -0.921. The maximum atomic E-state index is 11.5. The molecular formula is C43H50BrClN2OS2. The molecule has 0 spiro atoms. The number of aryl methyl sites for hydroxylation is 2. The van der Waals surface area contributed by atoms with Crippen molar-refractivity contribution in [2.75, 3.05) is 26.2 Å². The SMILES string of the molecule is Cc1ccc(Sc2ccccc2C2(O)CC[NH+](Cc3ccccc3)CC2)cc1.Cc1ccc(Sc2ccccc2C2CC[NH2+]CC2)cc1.[Br-].[Cl-]. The van der Waals surface area contributed by atoms with Crippen molar-refractivity contribution in [1.29, 1.82) is 0 Å². The fourth-order valence-electron chi connectivity index (χ4n) is 6.90. The molecule has 5 aromatic carbocycles. The zero-order chi connectivity index (χ0) is 33.2. The third-order valence-electron chi connectivity index (χ3n) is 9.76. The number of nitrogens with one attached hydrogen (secondary N) is 1. The normalized spacial score (nSPS) is 18.9. The van der Waals surface area contributed by atoms with Gasteiger partial charge in [0.15, 0.2) is 0 Å².